The smallest absolute Gasteiger partial charge is 0.407 e. The Hall–Kier alpha value is -6.58. The second kappa shape index (κ2) is 18.5. The molecule has 4 atom stereocenters. The van der Waals surface area contributed by atoms with E-state index in [0.29, 0.717) is 44.0 Å². The number of H-pyrrole nitrogens is 1. The van der Waals surface area contributed by atoms with E-state index in [1.54, 1.807) is 4.90 Å². The number of carbonyl (C=O) groups is 4. The van der Waals surface area contributed by atoms with E-state index in [-0.39, 0.29) is 30.3 Å². The number of amides is 4. The normalized spacial score (nSPS) is 20.8. The standard InChI is InChI=1S/C50H55N7O8/c1-30(2)43(54-48(60)62-3)46(58)57-29-50(64-21-22-65-50)26-42(57)45-52-28-40(53-45)37-19-18-35-23-34(16-17-36(35)24-37)31-12-14-32(15-13-31)38-25-39(51-27-38)41-11-8-20-56(41)47(59)44(55-49(61)63-4)33-9-6-5-7-10-33/h5-7,9-10,12-15,18-19,23-24,27-28,30,41-44H,8,11,16-17,20-22,25-26,29H2,1-4H3,(H,52,53)(H,54,60)(H,55,61)/t41?,42-,43-,44+/m0/s1. The Kier molecular flexibility index (Phi) is 12.4. The molecule has 338 valence electrons. The fourth-order valence-electron chi connectivity index (χ4n) is 9.82. The number of fused-ring (bicyclic) bond motifs is 1. The van der Waals surface area contributed by atoms with Gasteiger partial charge in [-0.05, 0) is 82.2 Å². The van der Waals surface area contributed by atoms with Crippen molar-refractivity contribution in [1.82, 2.24) is 30.4 Å². The molecular formula is C50H55N7O8. The molecule has 0 radical (unpaired) electrons. The van der Waals surface area contributed by atoms with Gasteiger partial charge in [-0.2, -0.15) is 0 Å². The minimum Gasteiger partial charge on any atom is -0.453 e. The van der Waals surface area contributed by atoms with Gasteiger partial charge < -0.3 is 44.4 Å². The highest BCUT2D eigenvalue weighted by Gasteiger charge is 2.53. The van der Waals surface area contributed by atoms with Gasteiger partial charge in [0.25, 0.3) is 0 Å². The van der Waals surface area contributed by atoms with Crippen molar-refractivity contribution in [3.63, 3.8) is 0 Å². The number of ether oxygens (including phenoxy) is 4. The molecule has 15 heteroatoms. The van der Waals surface area contributed by atoms with Crippen molar-refractivity contribution >= 4 is 46.9 Å². The number of likely N-dealkylation sites (tertiary alicyclic amines) is 2. The molecule has 0 bridgehead atoms. The molecule has 0 saturated carbocycles. The van der Waals surface area contributed by atoms with Crippen molar-refractivity contribution in [3.8, 4) is 11.3 Å². The Labute approximate surface area is 378 Å². The fourth-order valence-corrected chi connectivity index (χ4v) is 9.82. The molecule has 3 saturated heterocycles. The van der Waals surface area contributed by atoms with Gasteiger partial charge in [-0.3, -0.25) is 14.6 Å². The number of rotatable bonds is 11. The third kappa shape index (κ3) is 8.94. The van der Waals surface area contributed by atoms with E-state index in [1.165, 1.54) is 36.5 Å². The van der Waals surface area contributed by atoms with E-state index in [2.05, 4.69) is 64.2 Å². The van der Waals surface area contributed by atoms with E-state index in [4.69, 9.17) is 28.9 Å². The Morgan fingerprint density at radius 1 is 0.831 bits per heavy atom. The molecule has 4 aromatic rings. The van der Waals surface area contributed by atoms with Crippen molar-refractivity contribution in [2.24, 2.45) is 10.9 Å². The van der Waals surface area contributed by atoms with E-state index >= 15 is 0 Å². The molecule has 9 rings (SSSR count). The maximum atomic E-state index is 14.0. The number of hydrogen-bond acceptors (Lipinski definition) is 10. The minimum absolute atomic E-state index is 0.145. The van der Waals surface area contributed by atoms with Gasteiger partial charge in [0.1, 0.15) is 17.9 Å². The summed E-state index contributed by atoms with van der Waals surface area (Å²) < 4.78 is 21.8. The summed E-state index contributed by atoms with van der Waals surface area (Å²) in [4.78, 5) is 69.2. The number of allylic oxidation sites excluding steroid dienone is 2. The lowest BCUT2D eigenvalue weighted by Crippen LogP contribution is -2.52. The van der Waals surface area contributed by atoms with Crippen LogP contribution in [0.1, 0.15) is 91.7 Å². The maximum absolute atomic E-state index is 14.0. The molecule has 3 aromatic carbocycles. The van der Waals surface area contributed by atoms with Gasteiger partial charge in [0, 0.05) is 31.3 Å². The molecule has 4 amide bonds. The molecule has 15 nitrogen and oxygen atoms in total. The minimum atomic E-state index is -0.927. The number of nitrogens with zero attached hydrogens (tertiary/aromatic N) is 4. The van der Waals surface area contributed by atoms with Crippen molar-refractivity contribution < 1.29 is 38.1 Å². The molecule has 3 N–H and O–H groups in total. The first kappa shape index (κ1) is 43.7. The van der Waals surface area contributed by atoms with Crippen LogP contribution < -0.4 is 10.6 Å². The SMILES string of the molecule is COC(=O)N[C@H](C(=O)N1CC2(C[C@H]1c1ncc(-c3ccc4c(c3)CCC(c3ccc(C5=CN=C(C6CCCN6C(=O)[C@H](NC(=O)OC)c6ccccc6)C5)cc3)=C4)[nH]1)OCCO2)C(C)C. The van der Waals surface area contributed by atoms with Crippen molar-refractivity contribution in [3.05, 3.63) is 119 Å². The number of aliphatic imine (C=N–C) groups is 1. The molecule has 5 heterocycles. The Morgan fingerprint density at radius 2 is 1.54 bits per heavy atom. The van der Waals surface area contributed by atoms with Gasteiger partial charge in [-0.1, -0.05) is 86.7 Å². The second-order valence-electron chi connectivity index (χ2n) is 17.6. The fraction of sp³-hybridized carbons (Fsp3) is 0.400. The Morgan fingerprint density at radius 3 is 2.26 bits per heavy atom. The van der Waals surface area contributed by atoms with Crippen molar-refractivity contribution in [2.75, 3.05) is 40.5 Å². The Balaban J connectivity index is 0.855. The van der Waals surface area contributed by atoms with Crippen molar-refractivity contribution in [2.45, 2.75) is 82.3 Å². The van der Waals surface area contributed by atoms with E-state index in [1.807, 2.05) is 61.5 Å². The summed E-state index contributed by atoms with van der Waals surface area (Å²) in [5.41, 5.74) is 10.6. The number of alkyl carbamates (subject to hydrolysis) is 2. The number of imidazole rings is 1. The summed E-state index contributed by atoms with van der Waals surface area (Å²) in [5.74, 6) is -0.905. The quantitative estimate of drug-likeness (QED) is 0.140. The summed E-state index contributed by atoms with van der Waals surface area (Å²) in [6.45, 7) is 5.47. The monoisotopic (exact) mass is 881 g/mol. The highest BCUT2D eigenvalue weighted by Crippen LogP contribution is 2.43. The molecule has 5 aliphatic rings. The molecule has 65 heavy (non-hydrogen) atoms. The number of methoxy groups -OCH3 is 2. The van der Waals surface area contributed by atoms with Gasteiger partial charge in [-0.15, -0.1) is 0 Å². The molecule has 1 unspecified atom stereocenters. The molecular weight excluding hydrogens is 827 g/mol. The van der Waals surface area contributed by atoms with Crippen LogP contribution in [0, 0.1) is 5.92 Å². The van der Waals surface area contributed by atoms with Crippen molar-refractivity contribution in [1.29, 1.82) is 0 Å². The first-order valence-electron chi connectivity index (χ1n) is 22.4. The predicted octanol–water partition coefficient (Wildman–Crippen LogP) is 7.23. The van der Waals surface area contributed by atoms with E-state index < -0.39 is 36.1 Å². The third-order valence-electron chi connectivity index (χ3n) is 13.3. The number of aromatic amines is 1. The van der Waals surface area contributed by atoms with Crippen LogP contribution in [0.5, 0.6) is 0 Å². The zero-order chi connectivity index (χ0) is 45.2. The first-order valence-corrected chi connectivity index (χ1v) is 22.4. The zero-order valence-corrected chi connectivity index (χ0v) is 37.2. The summed E-state index contributed by atoms with van der Waals surface area (Å²) >= 11 is 0. The predicted molar refractivity (Wildman–Crippen MR) is 244 cm³/mol. The van der Waals surface area contributed by atoms with Gasteiger partial charge in [0.2, 0.25) is 11.8 Å². The van der Waals surface area contributed by atoms with Crippen LogP contribution in [-0.2, 0) is 35.0 Å². The lowest BCUT2D eigenvalue weighted by Gasteiger charge is -2.30. The van der Waals surface area contributed by atoms with Crippen LogP contribution in [0.3, 0.4) is 0 Å². The van der Waals surface area contributed by atoms with E-state index in [9.17, 15) is 19.2 Å². The second-order valence-corrected chi connectivity index (χ2v) is 17.6. The van der Waals surface area contributed by atoms with Crippen LogP contribution in [0.4, 0.5) is 9.59 Å². The average molecular weight is 882 g/mol. The summed E-state index contributed by atoms with van der Waals surface area (Å²) in [7, 11) is 2.57. The number of benzene rings is 3. The number of nitrogens with one attached hydrogen (secondary N) is 3. The van der Waals surface area contributed by atoms with Gasteiger partial charge in [0.05, 0.1) is 58.0 Å². The molecule has 4 aliphatic heterocycles. The lowest BCUT2D eigenvalue weighted by molar-refractivity contribution is -0.153. The summed E-state index contributed by atoms with van der Waals surface area (Å²) in [6, 6.07) is 22.1. The van der Waals surface area contributed by atoms with Crippen LogP contribution in [0.15, 0.2) is 90.2 Å². The zero-order valence-electron chi connectivity index (χ0n) is 37.2. The topological polar surface area (TPSA) is 177 Å². The van der Waals surface area contributed by atoms with Crippen LogP contribution in [0.2, 0.25) is 0 Å². The third-order valence-corrected chi connectivity index (χ3v) is 13.3. The maximum Gasteiger partial charge on any atom is 0.407 e. The highest BCUT2D eigenvalue weighted by atomic mass is 16.7. The largest absolute Gasteiger partial charge is 0.453 e. The van der Waals surface area contributed by atoms with Gasteiger partial charge in [-0.25, -0.2) is 14.6 Å². The number of aryl methyl sites for hydroxylation is 1. The Bertz CT molecular complexity index is 2540. The molecule has 1 spiro atoms. The summed E-state index contributed by atoms with van der Waals surface area (Å²) in [6.07, 6.45) is 9.19. The van der Waals surface area contributed by atoms with Gasteiger partial charge in [0.15, 0.2) is 5.79 Å². The van der Waals surface area contributed by atoms with Crippen LogP contribution >= 0.6 is 0 Å². The first-order chi connectivity index (χ1) is 31.5. The van der Waals surface area contributed by atoms with Crippen LogP contribution in [-0.4, -0.2) is 108 Å². The van der Waals surface area contributed by atoms with Gasteiger partial charge >= 0.3 is 12.2 Å². The average Bonchev–Trinajstić information content (AvgIpc) is 4.21. The molecule has 1 aromatic heterocycles. The number of hydrogen-bond donors (Lipinski definition) is 3. The molecule has 3 fully saturated rings. The number of aromatic nitrogens is 2. The lowest BCUT2D eigenvalue weighted by atomic mass is 9.87. The summed E-state index contributed by atoms with van der Waals surface area (Å²) in [5, 5.41) is 5.45. The number of carbonyl (C=O) groups excluding carboxylic acids is 4. The van der Waals surface area contributed by atoms with Crippen LogP contribution in [0.25, 0.3) is 28.5 Å². The highest BCUT2D eigenvalue weighted by molar-refractivity contribution is 6.04. The molecule has 1 aliphatic carbocycles. The van der Waals surface area contributed by atoms with E-state index in [0.717, 1.165) is 53.8 Å².